The predicted octanol–water partition coefficient (Wildman–Crippen LogP) is 2.67. The average Bonchev–Trinajstić information content (AvgIpc) is 2.10. The minimum atomic E-state index is -0.285. The van der Waals surface area contributed by atoms with Crippen molar-refractivity contribution in [3.63, 3.8) is 0 Å². The van der Waals surface area contributed by atoms with Crippen LogP contribution in [0.4, 0.5) is 4.39 Å². The van der Waals surface area contributed by atoms with Crippen LogP contribution < -0.4 is 0 Å². The highest BCUT2D eigenvalue weighted by Crippen LogP contribution is 2.23. The first-order valence-electron chi connectivity index (χ1n) is 3.49. The first kappa shape index (κ1) is 9.26. The van der Waals surface area contributed by atoms with E-state index in [1.807, 2.05) is 0 Å². The molecule has 12 heavy (non-hydrogen) atoms. The van der Waals surface area contributed by atoms with Crippen molar-refractivity contribution in [2.75, 3.05) is 6.26 Å². The zero-order chi connectivity index (χ0) is 9.14. The van der Waals surface area contributed by atoms with Crippen LogP contribution in [0.3, 0.4) is 0 Å². The molecule has 0 aliphatic heterocycles. The molecule has 0 spiro atoms. The van der Waals surface area contributed by atoms with Gasteiger partial charge in [0.2, 0.25) is 0 Å². The normalized spacial score (nSPS) is 9.92. The van der Waals surface area contributed by atoms with Crippen LogP contribution in [0.25, 0.3) is 0 Å². The van der Waals surface area contributed by atoms with E-state index in [2.05, 4.69) is 0 Å². The molecule has 0 aromatic heterocycles. The van der Waals surface area contributed by atoms with Crippen molar-refractivity contribution in [2.24, 2.45) is 0 Å². The Kier molecular flexibility index (Phi) is 2.87. The van der Waals surface area contributed by atoms with Crippen molar-refractivity contribution < 1.29 is 9.18 Å². The van der Waals surface area contributed by atoms with Crippen molar-refractivity contribution in [3.8, 4) is 0 Å². The minimum absolute atomic E-state index is 0.285. The van der Waals surface area contributed by atoms with Crippen LogP contribution in [0.2, 0.25) is 0 Å². The Morgan fingerprint density at radius 2 is 2.17 bits per heavy atom. The molecule has 0 saturated heterocycles. The standard InChI is InChI=1S/C9H9FOS/c1-6-7(5-11)3-4-8(12-2)9(6)10/h3-5H,1-2H3. The van der Waals surface area contributed by atoms with Gasteiger partial charge in [0.1, 0.15) is 12.1 Å². The summed E-state index contributed by atoms with van der Waals surface area (Å²) in [6, 6.07) is 3.26. The Hall–Kier alpha value is -0.830. The highest BCUT2D eigenvalue weighted by molar-refractivity contribution is 7.98. The first-order valence-corrected chi connectivity index (χ1v) is 4.71. The van der Waals surface area contributed by atoms with Crippen molar-refractivity contribution in [1.82, 2.24) is 0 Å². The summed E-state index contributed by atoms with van der Waals surface area (Å²) in [5.41, 5.74) is 0.849. The summed E-state index contributed by atoms with van der Waals surface area (Å²) in [5.74, 6) is -0.285. The Labute approximate surface area is 75.0 Å². The quantitative estimate of drug-likeness (QED) is 0.519. The van der Waals surface area contributed by atoms with Crippen molar-refractivity contribution in [3.05, 3.63) is 29.1 Å². The van der Waals surface area contributed by atoms with Crippen molar-refractivity contribution >= 4 is 18.0 Å². The molecule has 0 fully saturated rings. The number of halogens is 1. The summed E-state index contributed by atoms with van der Waals surface area (Å²) in [6.07, 6.45) is 2.47. The lowest BCUT2D eigenvalue weighted by Crippen LogP contribution is -1.92. The van der Waals surface area contributed by atoms with Crippen LogP contribution in [-0.2, 0) is 0 Å². The summed E-state index contributed by atoms with van der Waals surface area (Å²) in [6.45, 7) is 1.61. The molecule has 0 unspecified atom stereocenters. The molecule has 0 atom stereocenters. The van der Waals surface area contributed by atoms with E-state index in [9.17, 15) is 9.18 Å². The van der Waals surface area contributed by atoms with Gasteiger partial charge in [0.15, 0.2) is 0 Å². The lowest BCUT2D eigenvalue weighted by molar-refractivity contribution is 0.112. The second-order valence-corrected chi connectivity index (χ2v) is 3.26. The number of hydrogen-bond donors (Lipinski definition) is 0. The molecule has 0 bridgehead atoms. The predicted molar refractivity (Wildman–Crippen MR) is 48.3 cm³/mol. The lowest BCUT2D eigenvalue weighted by Gasteiger charge is -2.03. The summed E-state index contributed by atoms with van der Waals surface area (Å²) < 4.78 is 13.3. The Balaban J connectivity index is 3.29. The molecule has 0 saturated carbocycles. The van der Waals surface area contributed by atoms with Crippen molar-refractivity contribution in [1.29, 1.82) is 0 Å². The molecular weight excluding hydrogens is 175 g/mol. The van der Waals surface area contributed by atoms with E-state index in [0.29, 0.717) is 22.3 Å². The van der Waals surface area contributed by atoms with Gasteiger partial charge in [-0.05, 0) is 24.8 Å². The van der Waals surface area contributed by atoms with Crippen LogP contribution in [-0.4, -0.2) is 12.5 Å². The first-order chi connectivity index (χ1) is 5.70. The molecular formula is C9H9FOS. The molecule has 0 amide bonds. The largest absolute Gasteiger partial charge is 0.298 e. The molecule has 0 aliphatic carbocycles. The average molecular weight is 184 g/mol. The fourth-order valence-corrected chi connectivity index (χ4v) is 1.50. The van der Waals surface area contributed by atoms with Crippen LogP contribution in [0.5, 0.6) is 0 Å². The SMILES string of the molecule is CSc1ccc(C=O)c(C)c1F. The second-order valence-electron chi connectivity index (χ2n) is 2.41. The topological polar surface area (TPSA) is 17.1 Å². The highest BCUT2D eigenvalue weighted by atomic mass is 32.2. The zero-order valence-corrected chi connectivity index (χ0v) is 7.74. The number of rotatable bonds is 2. The third kappa shape index (κ3) is 1.50. The number of benzene rings is 1. The van der Waals surface area contributed by atoms with E-state index in [1.54, 1.807) is 25.3 Å². The van der Waals surface area contributed by atoms with E-state index in [0.717, 1.165) is 0 Å². The highest BCUT2D eigenvalue weighted by Gasteiger charge is 2.07. The summed E-state index contributed by atoms with van der Waals surface area (Å²) in [4.78, 5) is 11.0. The Morgan fingerprint density at radius 3 is 2.67 bits per heavy atom. The van der Waals surface area contributed by atoms with Gasteiger partial charge in [-0.1, -0.05) is 6.07 Å². The third-order valence-electron chi connectivity index (χ3n) is 1.74. The van der Waals surface area contributed by atoms with E-state index < -0.39 is 0 Å². The van der Waals surface area contributed by atoms with Gasteiger partial charge in [0.05, 0.1) is 0 Å². The molecule has 1 aromatic carbocycles. The Morgan fingerprint density at radius 1 is 1.50 bits per heavy atom. The maximum atomic E-state index is 13.3. The molecule has 0 N–H and O–H groups in total. The number of carbonyl (C=O) groups excluding carboxylic acids is 1. The molecule has 0 heterocycles. The number of hydrogen-bond acceptors (Lipinski definition) is 2. The number of thioether (sulfide) groups is 1. The maximum absolute atomic E-state index is 13.3. The molecule has 3 heteroatoms. The Bertz CT molecular complexity index is 310. The monoisotopic (exact) mass is 184 g/mol. The van der Waals surface area contributed by atoms with Gasteiger partial charge >= 0.3 is 0 Å². The van der Waals surface area contributed by atoms with E-state index in [-0.39, 0.29) is 5.82 Å². The third-order valence-corrected chi connectivity index (χ3v) is 2.49. The van der Waals surface area contributed by atoms with Crippen LogP contribution in [0.15, 0.2) is 17.0 Å². The van der Waals surface area contributed by atoms with Crippen LogP contribution in [0, 0.1) is 12.7 Å². The second kappa shape index (κ2) is 3.72. The number of carbonyl (C=O) groups is 1. The van der Waals surface area contributed by atoms with Gasteiger partial charge in [-0.2, -0.15) is 0 Å². The van der Waals surface area contributed by atoms with E-state index >= 15 is 0 Å². The van der Waals surface area contributed by atoms with Crippen LogP contribution >= 0.6 is 11.8 Å². The van der Waals surface area contributed by atoms with Crippen molar-refractivity contribution in [2.45, 2.75) is 11.8 Å². The molecule has 1 rings (SSSR count). The fraction of sp³-hybridized carbons (Fsp3) is 0.222. The molecule has 1 aromatic rings. The summed E-state index contributed by atoms with van der Waals surface area (Å²) >= 11 is 1.34. The van der Waals surface area contributed by atoms with Gasteiger partial charge < -0.3 is 0 Å². The van der Waals surface area contributed by atoms with Gasteiger partial charge in [0.25, 0.3) is 0 Å². The summed E-state index contributed by atoms with van der Waals surface area (Å²) in [5, 5.41) is 0. The van der Waals surface area contributed by atoms with Gasteiger partial charge in [0, 0.05) is 10.5 Å². The van der Waals surface area contributed by atoms with E-state index in [4.69, 9.17) is 0 Å². The fourth-order valence-electron chi connectivity index (χ4n) is 0.960. The smallest absolute Gasteiger partial charge is 0.150 e. The van der Waals surface area contributed by atoms with Crippen LogP contribution in [0.1, 0.15) is 15.9 Å². The maximum Gasteiger partial charge on any atom is 0.150 e. The van der Waals surface area contributed by atoms with E-state index in [1.165, 1.54) is 11.8 Å². The van der Waals surface area contributed by atoms with Gasteiger partial charge in [-0.15, -0.1) is 11.8 Å². The minimum Gasteiger partial charge on any atom is -0.298 e. The molecule has 64 valence electrons. The van der Waals surface area contributed by atoms with Gasteiger partial charge in [-0.25, -0.2) is 4.39 Å². The number of aldehydes is 1. The lowest BCUT2D eigenvalue weighted by atomic mass is 10.1. The summed E-state index contributed by atoms with van der Waals surface area (Å²) in [7, 11) is 0. The van der Waals surface area contributed by atoms with Gasteiger partial charge in [-0.3, -0.25) is 4.79 Å². The molecule has 1 nitrogen and oxygen atoms in total. The molecule has 0 aliphatic rings. The molecule has 0 radical (unpaired) electrons. The zero-order valence-electron chi connectivity index (χ0n) is 6.93.